The summed E-state index contributed by atoms with van der Waals surface area (Å²) in [6, 6.07) is 15.4. The lowest BCUT2D eigenvalue weighted by Crippen LogP contribution is -2.07. The van der Waals surface area contributed by atoms with Crippen LogP contribution in [0.3, 0.4) is 0 Å². The average molecular weight is 771 g/mol. The fourth-order valence-electron chi connectivity index (χ4n) is 6.25. The quantitative estimate of drug-likeness (QED) is 0.0392. The molecule has 2 rings (SSSR count). The van der Waals surface area contributed by atoms with Gasteiger partial charge in [-0.3, -0.25) is 0 Å². The van der Waals surface area contributed by atoms with Gasteiger partial charge in [-0.05, 0) is 112 Å². The Morgan fingerprint density at radius 3 is 1.09 bits per heavy atom. The van der Waals surface area contributed by atoms with Crippen molar-refractivity contribution in [1.29, 1.82) is 0 Å². The van der Waals surface area contributed by atoms with Gasteiger partial charge in [-0.1, -0.05) is 164 Å². The Bertz CT molecular complexity index is 1190. The predicted octanol–water partition coefficient (Wildman–Crippen LogP) is 15.9. The molecule has 0 aromatic heterocycles. The van der Waals surface area contributed by atoms with Gasteiger partial charge in [0.2, 0.25) is 0 Å². The number of benzene rings is 2. The van der Waals surface area contributed by atoms with Crippen LogP contribution in [0.1, 0.15) is 179 Å². The van der Waals surface area contributed by atoms with Crippen molar-refractivity contribution in [2.75, 3.05) is 13.2 Å². The Balaban J connectivity index is 1.40. The number of hydrogen-bond donors (Lipinski definition) is 0. The number of rotatable bonds is 36. The topological polar surface area (TPSA) is 54.0 Å². The normalized spacial score (nSPS) is 11.8. The van der Waals surface area contributed by atoms with Gasteiger partial charge in [-0.15, -0.1) is 0 Å². The van der Waals surface area contributed by atoms with Crippen molar-refractivity contribution >= 4 is 6.16 Å². The summed E-state index contributed by atoms with van der Waals surface area (Å²) in [6.07, 6.45) is 47.5. The lowest BCUT2D eigenvalue weighted by Gasteiger charge is -2.09. The van der Waals surface area contributed by atoms with Crippen molar-refractivity contribution < 1.29 is 23.7 Å². The molecule has 0 heterocycles. The highest BCUT2D eigenvalue weighted by atomic mass is 16.7. The van der Waals surface area contributed by atoms with Gasteiger partial charge in [0.25, 0.3) is 0 Å². The summed E-state index contributed by atoms with van der Waals surface area (Å²) >= 11 is 0. The van der Waals surface area contributed by atoms with E-state index in [2.05, 4.69) is 62.5 Å². The lowest BCUT2D eigenvalue weighted by molar-refractivity contribution is 0.0446. The van der Waals surface area contributed by atoms with Gasteiger partial charge in [0.05, 0.1) is 13.2 Å². The van der Waals surface area contributed by atoms with E-state index >= 15 is 0 Å². The van der Waals surface area contributed by atoms with E-state index in [0.29, 0.717) is 0 Å². The Morgan fingerprint density at radius 2 is 0.732 bits per heavy atom. The molecule has 0 aliphatic carbocycles. The van der Waals surface area contributed by atoms with Crippen molar-refractivity contribution in [3.8, 4) is 11.5 Å². The van der Waals surface area contributed by atoms with Gasteiger partial charge in [-0.2, -0.15) is 0 Å². The van der Waals surface area contributed by atoms with Crippen molar-refractivity contribution in [2.24, 2.45) is 0 Å². The number of ether oxygens (including phenoxy) is 4. The zero-order chi connectivity index (χ0) is 39.8. The highest BCUT2D eigenvalue weighted by molar-refractivity contribution is 5.60. The Labute approximate surface area is 343 Å². The molecule has 312 valence electrons. The van der Waals surface area contributed by atoms with Crippen LogP contribution < -0.4 is 9.47 Å². The van der Waals surface area contributed by atoms with E-state index in [4.69, 9.17) is 18.9 Å². The van der Waals surface area contributed by atoms with E-state index < -0.39 is 6.16 Å². The van der Waals surface area contributed by atoms with E-state index in [-0.39, 0.29) is 13.2 Å². The Hall–Kier alpha value is -3.73. The zero-order valence-corrected chi connectivity index (χ0v) is 35.6. The molecule has 0 aliphatic heterocycles. The number of unbranched alkanes of at least 4 members (excludes halogenated alkanes) is 18. The third kappa shape index (κ3) is 29.5. The average Bonchev–Trinajstić information content (AvgIpc) is 3.22. The molecule has 56 heavy (non-hydrogen) atoms. The first-order chi connectivity index (χ1) is 27.7. The van der Waals surface area contributed by atoms with Crippen LogP contribution in [0, 0.1) is 0 Å². The second kappa shape index (κ2) is 36.9. The van der Waals surface area contributed by atoms with Crippen LogP contribution >= 0.6 is 0 Å². The number of carbonyl (C=O) groups is 1. The lowest BCUT2D eigenvalue weighted by atomic mass is 10.1. The minimum atomic E-state index is -0.680. The van der Waals surface area contributed by atoms with Gasteiger partial charge in [0, 0.05) is 0 Å². The Kier molecular flexibility index (Phi) is 31.9. The SMILES string of the molecule is CCCCC/C=C\C/C=C\CCCCCCCCOc1ccc(COC(=O)OCc2ccc(OCCCCCCCC/C=C\C/C=C\CCCCC)cc2)cc1. The smallest absolute Gasteiger partial charge is 0.494 e. The van der Waals surface area contributed by atoms with Crippen LogP contribution in [-0.4, -0.2) is 19.4 Å². The highest BCUT2D eigenvalue weighted by Gasteiger charge is 2.06. The van der Waals surface area contributed by atoms with Crippen LogP contribution in [0.5, 0.6) is 11.5 Å². The van der Waals surface area contributed by atoms with Gasteiger partial charge < -0.3 is 18.9 Å². The third-order valence-corrected chi connectivity index (χ3v) is 9.79. The van der Waals surface area contributed by atoms with Crippen LogP contribution in [0.2, 0.25) is 0 Å². The molecule has 0 radical (unpaired) electrons. The molecule has 5 nitrogen and oxygen atoms in total. The van der Waals surface area contributed by atoms with E-state index in [1.807, 2.05) is 48.5 Å². The zero-order valence-electron chi connectivity index (χ0n) is 35.6. The van der Waals surface area contributed by atoms with Crippen molar-refractivity contribution in [1.82, 2.24) is 0 Å². The summed E-state index contributed by atoms with van der Waals surface area (Å²) in [6.45, 7) is 6.27. The number of allylic oxidation sites excluding steroid dienone is 8. The molecule has 0 saturated carbocycles. The molecule has 0 N–H and O–H groups in total. The molecule has 2 aromatic carbocycles. The van der Waals surface area contributed by atoms with Crippen LogP contribution in [0.15, 0.2) is 97.1 Å². The maximum absolute atomic E-state index is 12.2. The van der Waals surface area contributed by atoms with E-state index in [9.17, 15) is 4.79 Å². The van der Waals surface area contributed by atoms with Crippen LogP contribution in [0.4, 0.5) is 4.79 Å². The largest absolute Gasteiger partial charge is 0.508 e. The van der Waals surface area contributed by atoms with Crippen molar-refractivity contribution in [3.05, 3.63) is 108 Å². The molecule has 0 unspecified atom stereocenters. The molecule has 0 atom stereocenters. The molecule has 0 bridgehead atoms. The summed E-state index contributed by atoms with van der Waals surface area (Å²) in [5.41, 5.74) is 1.79. The van der Waals surface area contributed by atoms with E-state index in [1.54, 1.807) is 0 Å². The standard InChI is InChI=1S/C51H78O5/c1-3-5-7-9-11-13-15-17-19-21-23-25-27-29-31-33-43-53-49-39-35-47(36-40-49)45-55-51(52)56-46-48-37-41-50(42-38-48)54-44-34-32-30-28-26-24-22-20-18-16-14-12-10-8-6-4-2/h11-14,17-20,35-42H,3-10,15-16,21-34,43-46H2,1-2H3/b13-11-,14-12-,19-17-,20-18-. The molecule has 2 aromatic rings. The second-order valence-corrected chi connectivity index (χ2v) is 15.0. The van der Waals surface area contributed by atoms with Gasteiger partial charge >= 0.3 is 6.16 Å². The van der Waals surface area contributed by atoms with E-state index in [1.165, 1.54) is 128 Å². The van der Waals surface area contributed by atoms with Gasteiger partial charge in [-0.25, -0.2) is 4.79 Å². The number of hydrogen-bond acceptors (Lipinski definition) is 5. The van der Waals surface area contributed by atoms with Crippen LogP contribution in [-0.2, 0) is 22.7 Å². The van der Waals surface area contributed by atoms with Crippen LogP contribution in [0.25, 0.3) is 0 Å². The van der Waals surface area contributed by atoms with Crippen molar-refractivity contribution in [2.45, 2.75) is 181 Å². The molecular weight excluding hydrogens is 693 g/mol. The van der Waals surface area contributed by atoms with E-state index in [0.717, 1.165) is 61.5 Å². The molecule has 0 aliphatic rings. The first kappa shape index (κ1) is 48.4. The molecule has 5 heteroatoms. The minimum absolute atomic E-state index is 0.159. The predicted molar refractivity (Wildman–Crippen MR) is 238 cm³/mol. The molecule has 0 amide bonds. The summed E-state index contributed by atoms with van der Waals surface area (Å²) in [5.74, 6) is 1.68. The minimum Gasteiger partial charge on any atom is -0.494 e. The highest BCUT2D eigenvalue weighted by Crippen LogP contribution is 2.17. The molecule has 0 fully saturated rings. The number of carbonyl (C=O) groups excluding carboxylic acids is 1. The second-order valence-electron chi connectivity index (χ2n) is 15.0. The fraction of sp³-hybridized carbons (Fsp3) is 0.588. The summed E-state index contributed by atoms with van der Waals surface area (Å²) in [4.78, 5) is 12.2. The first-order valence-corrected chi connectivity index (χ1v) is 22.5. The summed E-state index contributed by atoms with van der Waals surface area (Å²) in [5, 5.41) is 0. The van der Waals surface area contributed by atoms with Crippen molar-refractivity contribution in [3.63, 3.8) is 0 Å². The maximum atomic E-state index is 12.2. The fourth-order valence-corrected chi connectivity index (χ4v) is 6.25. The first-order valence-electron chi connectivity index (χ1n) is 22.5. The maximum Gasteiger partial charge on any atom is 0.508 e. The summed E-state index contributed by atoms with van der Waals surface area (Å²) in [7, 11) is 0. The molecule has 0 saturated heterocycles. The third-order valence-electron chi connectivity index (χ3n) is 9.79. The van der Waals surface area contributed by atoms with Gasteiger partial charge in [0.15, 0.2) is 0 Å². The molecular formula is C51H78O5. The summed E-state index contributed by atoms with van der Waals surface area (Å²) < 4.78 is 22.5. The Morgan fingerprint density at radius 1 is 0.411 bits per heavy atom. The monoisotopic (exact) mass is 771 g/mol. The van der Waals surface area contributed by atoms with Gasteiger partial charge in [0.1, 0.15) is 24.7 Å². The molecule has 0 spiro atoms.